The summed E-state index contributed by atoms with van der Waals surface area (Å²) in [7, 11) is 0. The molecule has 1 saturated carbocycles. The molecule has 1 aliphatic carbocycles. The fraction of sp³-hybridized carbons (Fsp3) is 0.625. The molecule has 3 heteroatoms. The maximum atomic E-state index is 13.2. The molecule has 0 saturated heterocycles. The highest BCUT2D eigenvalue weighted by molar-refractivity contribution is 5.38. The molecule has 0 heterocycles. The first-order valence-electron chi connectivity index (χ1n) is 6.94. The average Bonchev–Trinajstić information content (AvgIpc) is 2.29. The van der Waals surface area contributed by atoms with Crippen LogP contribution in [0.25, 0.3) is 0 Å². The van der Waals surface area contributed by atoms with E-state index in [1.807, 2.05) is 0 Å². The van der Waals surface area contributed by atoms with Crippen LogP contribution in [0.3, 0.4) is 0 Å². The molecule has 0 aliphatic heterocycles. The van der Waals surface area contributed by atoms with E-state index in [1.54, 1.807) is 0 Å². The van der Waals surface area contributed by atoms with Crippen LogP contribution in [0.15, 0.2) is 12.1 Å². The normalized spacial score (nSPS) is 21.4. The lowest BCUT2D eigenvalue weighted by atomic mass is 9.75. The highest BCUT2D eigenvalue weighted by Gasteiger charge is 2.41. The second-order valence-electron chi connectivity index (χ2n) is 6.27. The van der Waals surface area contributed by atoms with Gasteiger partial charge in [0.05, 0.1) is 0 Å². The summed E-state index contributed by atoms with van der Waals surface area (Å²) in [6.07, 6.45) is 1.38. The monoisotopic (exact) mass is 267 g/mol. The summed E-state index contributed by atoms with van der Waals surface area (Å²) in [5.41, 5.74) is 10.8. The minimum atomic E-state index is -2.51. The molecule has 0 radical (unpaired) electrons. The maximum absolute atomic E-state index is 13.2. The van der Waals surface area contributed by atoms with Gasteiger partial charge in [0, 0.05) is 18.4 Å². The largest absolute Gasteiger partial charge is 0.325 e. The number of hydrogen-bond acceptors (Lipinski definition) is 1. The molecule has 106 valence electrons. The van der Waals surface area contributed by atoms with Gasteiger partial charge in [-0.05, 0) is 56.7 Å². The van der Waals surface area contributed by atoms with E-state index in [0.717, 1.165) is 0 Å². The number of alkyl halides is 2. The lowest BCUT2D eigenvalue weighted by Gasteiger charge is -2.38. The Balaban J connectivity index is 2.18. The number of rotatable bonds is 2. The minimum absolute atomic E-state index is 0.0759. The van der Waals surface area contributed by atoms with Crippen LogP contribution < -0.4 is 5.73 Å². The Morgan fingerprint density at radius 3 is 1.95 bits per heavy atom. The fourth-order valence-electron chi connectivity index (χ4n) is 3.13. The van der Waals surface area contributed by atoms with Gasteiger partial charge < -0.3 is 5.73 Å². The van der Waals surface area contributed by atoms with Crippen molar-refractivity contribution in [3.8, 4) is 0 Å². The summed E-state index contributed by atoms with van der Waals surface area (Å²) in [6.45, 7) is 6.23. The standard InChI is InChI=1S/C16H23F2N/c1-11-8-12(2)14(13(3)9-11)10-15(19)4-6-16(17,18)7-5-15/h8-9H,4-7,10,19H2,1-3H3. The van der Waals surface area contributed by atoms with E-state index in [0.29, 0.717) is 19.3 Å². The van der Waals surface area contributed by atoms with Crippen LogP contribution in [0.5, 0.6) is 0 Å². The van der Waals surface area contributed by atoms with Crippen LogP contribution in [0.1, 0.15) is 47.9 Å². The first-order chi connectivity index (χ1) is 8.71. The Morgan fingerprint density at radius 2 is 1.47 bits per heavy atom. The van der Waals surface area contributed by atoms with Gasteiger partial charge in [0.2, 0.25) is 5.92 Å². The fourth-order valence-corrected chi connectivity index (χ4v) is 3.13. The van der Waals surface area contributed by atoms with Crippen molar-refractivity contribution in [3.05, 3.63) is 34.4 Å². The Hall–Kier alpha value is -0.960. The quantitative estimate of drug-likeness (QED) is 0.859. The number of benzene rings is 1. The first kappa shape index (κ1) is 14.4. The summed E-state index contributed by atoms with van der Waals surface area (Å²) in [5.74, 6) is -2.51. The molecular weight excluding hydrogens is 244 g/mol. The molecule has 0 aromatic heterocycles. The van der Waals surface area contributed by atoms with E-state index in [1.165, 1.54) is 22.3 Å². The van der Waals surface area contributed by atoms with Crippen molar-refractivity contribution in [2.24, 2.45) is 5.73 Å². The lowest BCUT2D eigenvalue weighted by molar-refractivity contribution is -0.0505. The summed E-state index contributed by atoms with van der Waals surface area (Å²) in [6, 6.07) is 4.28. The number of hydrogen-bond donors (Lipinski definition) is 1. The smallest absolute Gasteiger partial charge is 0.248 e. The van der Waals surface area contributed by atoms with Crippen molar-refractivity contribution in [1.82, 2.24) is 0 Å². The van der Waals surface area contributed by atoms with Gasteiger partial charge in [0.25, 0.3) is 0 Å². The lowest BCUT2D eigenvalue weighted by Crippen LogP contribution is -2.48. The molecule has 0 unspecified atom stereocenters. The Bertz CT molecular complexity index is 447. The summed E-state index contributed by atoms with van der Waals surface area (Å²) >= 11 is 0. The number of nitrogens with two attached hydrogens (primary N) is 1. The molecule has 1 aromatic carbocycles. The second-order valence-corrected chi connectivity index (χ2v) is 6.27. The van der Waals surface area contributed by atoms with Crippen LogP contribution in [0.2, 0.25) is 0 Å². The Labute approximate surface area is 114 Å². The average molecular weight is 267 g/mol. The summed E-state index contributed by atoms with van der Waals surface area (Å²) < 4.78 is 26.5. The summed E-state index contributed by atoms with van der Waals surface area (Å²) in [5, 5.41) is 0. The zero-order chi connectivity index (χ0) is 14.3. The highest BCUT2D eigenvalue weighted by Crippen LogP contribution is 2.39. The van der Waals surface area contributed by atoms with E-state index < -0.39 is 11.5 Å². The third-order valence-electron chi connectivity index (χ3n) is 4.35. The minimum Gasteiger partial charge on any atom is -0.325 e. The molecule has 19 heavy (non-hydrogen) atoms. The second kappa shape index (κ2) is 4.86. The topological polar surface area (TPSA) is 26.0 Å². The third kappa shape index (κ3) is 3.33. The van der Waals surface area contributed by atoms with Crippen molar-refractivity contribution >= 4 is 0 Å². The molecule has 0 amide bonds. The van der Waals surface area contributed by atoms with Crippen molar-refractivity contribution in [3.63, 3.8) is 0 Å². The van der Waals surface area contributed by atoms with Gasteiger partial charge in [0.15, 0.2) is 0 Å². The SMILES string of the molecule is Cc1cc(C)c(CC2(N)CCC(F)(F)CC2)c(C)c1. The molecule has 1 fully saturated rings. The van der Waals surface area contributed by atoms with Crippen LogP contribution in [-0.4, -0.2) is 11.5 Å². The van der Waals surface area contributed by atoms with Gasteiger partial charge in [-0.3, -0.25) is 0 Å². The molecule has 1 aliphatic rings. The Kier molecular flexibility index (Phi) is 3.69. The number of aryl methyl sites for hydroxylation is 3. The molecule has 1 aromatic rings. The van der Waals surface area contributed by atoms with E-state index in [2.05, 4.69) is 32.9 Å². The Morgan fingerprint density at radius 1 is 1.00 bits per heavy atom. The van der Waals surface area contributed by atoms with Crippen LogP contribution in [0.4, 0.5) is 8.78 Å². The summed E-state index contributed by atoms with van der Waals surface area (Å²) in [4.78, 5) is 0. The predicted octanol–water partition coefficient (Wildman–Crippen LogP) is 4.06. The first-order valence-corrected chi connectivity index (χ1v) is 6.94. The van der Waals surface area contributed by atoms with Crippen molar-refractivity contribution in [2.45, 2.75) is 64.3 Å². The zero-order valence-electron chi connectivity index (χ0n) is 12.0. The van der Waals surface area contributed by atoms with Crippen molar-refractivity contribution in [2.75, 3.05) is 0 Å². The molecular formula is C16H23F2N. The van der Waals surface area contributed by atoms with Gasteiger partial charge in [0.1, 0.15) is 0 Å². The van der Waals surface area contributed by atoms with E-state index in [9.17, 15) is 8.78 Å². The molecule has 0 atom stereocenters. The third-order valence-corrected chi connectivity index (χ3v) is 4.35. The van der Waals surface area contributed by atoms with Crippen LogP contribution >= 0.6 is 0 Å². The molecule has 0 bridgehead atoms. The molecule has 2 rings (SSSR count). The molecule has 1 nitrogen and oxygen atoms in total. The predicted molar refractivity (Wildman–Crippen MR) is 74.7 cm³/mol. The number of halogens is 2. The molecule has 2 N–H and O–H groups in total. The van der Waals surface area contributed by atoms with Crippen molar-refractivity contribution in [1.29, 1.82) is 0 Å². The van der Waals surface area contributed by atoms with Crippen molar-refractivity contribution < 1.29 is 8.78 Å². The van der Waals surface area contributed by atoms with E-state index in [4.69, 9.17) is 5.73 Å². The molecule has 0 spiro atoms. The van der Waals surface area contributed by atoms with E-state index in [-0.39, 0.29) is 12.8 Å². The highest BCUT2D eigenvalue weighted by atomic mass is 19.3. The van der Waals surface area contributed by atoms with Crippen LogP contribution in [0, 0.1) is 20.8 Å². The van der Waals surface area contributed by atoms with Gasteiger partial charge in [-0.25, -0.2) is 8.78 Å². The van der Waals surface area contributed by atoms with E-state index >= 15 is 0 Å². The maximum Gasteiger partial charge on any atom is 0.248 e. The van der Waals surface area contributed by atoms with Gasteiger partial charge >= 0.3 is 0 Å². The van der Waals surface area contributed by atoms with Gasteiger partial charge in [-0.2, -0.15) is 0 Å². The van der Waals surface area contributed by atoms with Crippen LogP contribution in [-0.2, 0) is 6.42 Å². The van der Waals surface area contributed by atoms with Gasteiger partial charge in [-0.1, -0.05) is 17.7 Å². The van der Waals surface area contributed by atoms with Gasteiger partial charge in [-0.15, -0.1) is 0 Å². The zero-order valence-corrected chi connectivity index (χ0v) is 12.0.